The van der Waals surface area contributed by atoms with Crippen molar-refractivity contribution in [3.8, 4) is 0 Å². The van der Waals surface area contributed by atoms with Crippen molar-refractivity contribution in [2.75, 3.05) is 0 Å². The maximum Gasteiger partial charge on any atom is -0.0213 e. The van der Waals surface area contributed by atoms with Crippen LogP contribution in [0.5, 0.6) is 0 Å². The van der Waals surface area contributed by atoms with Crippen LogP contribution in [0.2, 0.25) is 0 Å². The predicted molar refractivity (Wildman–Crippen MR) is 49.7 cm³/mol. The second kappa shape index (κ2) is 3.08. The monoisotopic (exact) mass is 147 g/mol. The number of aryl methyl sites for hydroxylation is 1. The molecule has 0 aliphatic heterocycles. The minimum Gasteiger partial charge on any atom is -0.0617 e. The predicted octanol–water partition coefficient (Wildman–Crippen LogP) is 3.30. The zero-order chi connectivity index (χ0) is 8.43. The molecule has 0 heterocycles. The molecule has 0 N–H and O–H groups in total. The van der Waals surface area contributed by atoms with E-state index in [0.29, 0.717) is 5.92 Å². The number of hydrogen-bond acceptors (Lipinski definition) is 0. The van der Waals surface area contributed by atoms with E-state index in [-0.39, 0.29) is 0 Å². The lowest BCUT2D eigenvalue weighted by Crippen LogP contribution is -1.94. The van der Waals surface area contributed by atoms with Crippen LogP contribution in [0.3, 0.4) is 0 Å². The highest BCUT2D eigenvalue weighted by atomic mass is 14.1. The molecule has 0 spiro atoms. The zero-order valence-corrected chi connectivity index (χ0v) is 7.52. The molecule has 0 heteroatoms. The van der Waals surface area contributed by atoms with Gasteiger partial charge < -0.3 is 0 Å². The molecular weight excluding hydrogens is 132 g/mol. The van der Waals surface area contributed by atoms with E-state index in [1.54, 1.807) is 0 Å². The van der Waals surface area contributed by atoms with Crippen LogP contribution in [0.25, 0.3) is 0 Å². The fraction of sp³-hybridized carbons (Fsp3) is 0.364. The van der Waals surface area contributed by atoms with Crippen molar-refractivity contribution >= 4 is 0 Å². The van der Waals surface area contributed by atoms with E-state index in [4.69, 9.17) is 0 Å². The fourth-order valence-electron chi connectivity index (χ4n) is 1.57. The van der Waals surface area contributed by atoms with Crippen molar-refractivity contribution in [3.05, 3.63) is 41.8 Å². The average molecular weight is 147 g/mol. The first-order valence-electron chi connectivity index (χ1n) is 4.04. The molecule has 0 aliphatic rings. The summed E-state index contributed by atoms with van der Waals surface area (Å²) in [6, 6.07) is 6.27. The van der Waals surface area contributed by atoms with E-state index in [0.717, 1.165) is 0 Å². The van der Waals surface area contributed by atoms with Crippen LogP contribution >= 0.6 is 0 Å². The lowest BCUT2D eigenvalue weighted by Gasteiger charge is -2.12. The van der Waals surface area contributed by atoms with E-state index in [1.165, 1.54) is 16.7 Å². The van der Waals surface area contributed by atoms with Crippen molar-refractivity contribution in [2.24, 2.45) is 0 Å². The van der Waals surface area contributed by atoms with Crippen molar-refractivity contribution in [3.63, 3.8) is 0 Å². The molecule has 0 unspecified atom stereocenters. The molecule has 1 radical (unpaired) electrons. The largest absolute Gasteiger partial charge is 0.0617 e. The minimum atomic E-state index is 0.587. The van der Waals surface area contributed by atoms with Crippen molar-refractivity contribution < 1.29 is 0 Å². The summed E-state index contributed by atoms with van der Waals surface area (Å²) in [5.74, 6) is 0.587. The van der Waals surface area contributed by atoms with Crippen LogP contribution in [0.15, 0.2) is 18.2 Å². The molecule has 0 atom stereocenters. The van der Waals surface area contributed by atoms with Gasteiger partial charge in [-0.25, -0.2) is 0 Å². The number of hydrogen-bond donors (Lipinski definition) is 0. The van der Waals surface area contributed by atoms with E-state index >= 15 is 0 Å². The van der Waals surface area contributed by atoms with E-state index in [2.05, 4.69) is 45.9 Å². The first kappa shape index (κ1) is 8.32. The molecule has 1 aromatic rings. The van der Waals surface area contributed by atoms with Crippen molar-refractivity contribution in [2.45, 2.75) is 26.7 Å². The molecular formula is C11H15. The molecule has 0 saturated carbocycles. The summed E-state index contributed by atoms with van der Waals surface area (Å²) in [7, 11) is 0. The first-order chi connectivity index (χ1) is 5.13. The average Bonchev–Trinajstić information content (AvgIpc) is 1.85. The highest BCUT2D eigenvalue weighted by Gasteiger charge is 2.04. The summed E-state index contributed by atoms with van der Waals surface area (Å²) in [5, 5.41) is 0. The van der Waals surface area contributed by atoms with E-state index < -0.39 is 0 Å². The Hall–Kier alpha value is -0.780. The molecule has 0 aliphatic carbocycles. The van der Waals surface area contributed by atoms with Gasteiger partial charge in [0.15, 0.2) is 0 Å². The van der Waals surface area contributed by atoms with Gasteiger partial charge in [-0.3, -0.25) is 0 Å². The Morgan fingerprint density at radius 1 is 1.27 bits per heavy atom. The van der Waals surface area contributed by atoms with E-state index in [1.807, 2.05) is 0 Å². The molecule has 0 amide bonds. The lowest BCUT2D eigenvalue weighted by molar-refractivity contribution is 0.851. The van der Waals surface area contributed by atoms with Crippen LogP contribution < -0.4 is 0 Å². The van der Waals surface area contributed by atoms with Gasteiger partial charge in [0.1, 0.15) is 0 Å². The Morgan fingerprint density at radius 3 is 2.27 bits per heavy atom. The maximum atomic E-state index is 4.00. The summed E-state index contributed by atoms with van der Waals surface area (Å²) < 4.78 is 0. The molecule has 0 fully saturated rings. The van der Waals surface area contributed by atoms with E-state index in [9.17, 15) is 0 Å². The minimum absolute atomic E-state index is 0.587. The summed E-state index contributed by atoms with van der Waals surface area (Å²) in [6.45, 7) is 10.6. The third kappa shape index (κ3) is 1.62. The van der Waals surface area contributed by atoms with Crippen molar-refractivity contribution in [1.82, 2.24) is 0 Å². The zero-order valence-electron chi connectivity index (χ0n) is 7.52. The molecule has 1 aromatic carbocycles. The summed E-state index contributed by atoms with van der Waals surface area (Å²) >= 11 is 0. The Balaban J connectivity index is 3.21. The molecule has 59 valence electrons. The molecule has 0 bridgehead atoms. The molecule has 1 rings (SSSR count). The van der Waals surface area contributed by atoms with Gasteiger partial charge in [0.05, 0.1) is 0 Å². The second-order valence-electron chi connectivity index (χ2n) is 3.30. The fourth-order valence-corrected chi connectivity index (χ4v) is 1.57. The SMILES string of the molecule is [CH2]c1cccc(C)c1C(C)C. The third-order valence-corrected chi connectivity index (χ3v) is 1.99. The van der Waals surface area contributed by atoms with Crippen LogP contribution in [0.4, 0.5) is 0 Å². The third-order valence-electron chi connectivity index (χ3n) is 1.99. The van der Waals surface area contributed by atoms with Crippen LogP contribution in [-0.4, -0.2) is 0 Å². The van der Waals surface area contributed by atoms with Gasteiger partial charge in [-0.2, -0.15) is 0 Å². The number of rotatable bonds is 1. The molecule has 0 saturated heterocycles. The van der Waals surface area contributed by atoms with Crippen LogP contribution in [-0.2, 0) is 0 Å². The molecule has 11 heavy (non-hydrogen) atoms. The maximum absolute atomic E-state index is 4.00. The first-order valence-corrected chi connectivity index (χ1v) is 4.04. The Bertz CT molecular complexity index is 226. The van der Waals surface area contributed by atoms with Gasteiger partial charge in [-0.05, 0) is 36.5 Å². The van der Waals surface area contributed by atoms with Gasteiger partial charge >= 0.3 is 0 Å². The normalized spacial score (nSPS) is 10.6. The summed E-state index contributed by atoms with van der Waals surface area (Å²) in [6.07, 6.45) is 0. The van der Waals surface area contributed by atoms with Gasteiger partial charge in [0.25, 0.3) is 0 Å². The Kier molecular flexibility index (Phi) is 2.33. The summed E-state index contributed by atoms with van der Waals surface area (Å²) in [5.41, 5.74) is 3.92. The molecule has 0 aromatic heterocycles. The van der Waals surface area contributed by atoms with Gasteiger partial charge in [0.2, 0.25) is 0 Å². The Labute approximate surface area is 69.3 Å². The van der Waals surface area contributed by atoms with Gasteiger partial charge in [0, 0.05) is 0 Å². The standard InChI is InChI=1S/C11H15/c1-8(2)11-9(3)6-5-7-10(11)4/h5-8H,3H2,1-2,4H3. The molecule has 0 nitrogen and oxygen atoms in total. The second-order valence-corrected chi connectivity index (χ2v) is 3.30. The number of benzene rings is 1. The Morgan fingerprint density at radius 2 is 1.91 bits per heavy atom. The highest BCUT2D eigenvalue weighted by molar-refractivity contribution is 5.38. The van der Waals surface area contributed by atoms with Crippen molar-refractivity contribution in [1.29, 1.82) is 0 Å². The summed E-state index contributed by atoms with van der Waals surface area (Å²) in [4.78, 5) is 0. The topological polar surface area (TPSA) is 0 Å². The lowest BCUT2D eigenvalue weighted by atomic mass is 9.94. The van der Waals surface area contributed by atoms with Gasteiger partial charge in [-0.15, -0.1) is 0 Å². The van der Waals surface area contributed by atoms with Gasteiger partial charge in [-0.1, -0.05) is 32.0 Å². The smallest absolute Gasteiger partial charge is 0.0213 e. The quantitative estimate of drug-likeness (QED) is 0.571. The van der Waals surface area contributed by atoms with Crippen LogP contribution in [0, 0.1) is 13.8 Å². The highest BCUT2D eigenvalue weighted by Crippen LogP contribution is 2.22. The van der Waals surface area contributed by atoms with Crippen LogP contribution in [0.1, 0.15) is 36.5 Å².